The van der Waals surface area contributed by atoms with Gasteiger partial charge >= 0.3 is 0 Å². The van der Waals surface area contributed by atoms with E-state index in [0.29, 0.717) is 21.4 Å². The summed E-state index contributed by atoms with van der Waals surface area (Å²) in [7, 11) is 0. The molecule has 0 aliphatic carbocycles. The van der Waals surface area contributed by atoms with E-state index in [9.17, 15) is 4.79 Å². The lowest BCUT2D eigenvalue weighted by Crippen LogP contribution is -2.22. The van der Waals surface area contributed by atoms with Gasteiger partial charge in [0.25, 0.3) is 5.91 Å². The van der Waals surface area contributed by atoms with Crippen LogP contribution in [0.3, 0.4) is 0 Å². The van der Waals surface area contributed by atoms with E-state index >= 15 is 0 Å². The van der Waals surface area contributed by atoms with Gasteiger partial charge in [-0.15, -0.1) is 0 Å². The highest BCUT2D eigenvalue weighted by Gasteiger charge is 2.10. The minimum Gasteiger partial charge on any atom is -0.459 e. The summed E-state index contributed by atoms with van der Waals surface area (Å²) < 4.78 is 5.74. The second-order valence-corrected chi connectivity index (χ2v) is 5.78. The van der Waals surface area contributed by atoms with Gasteiger partial charge in [0.05, 0.1) is 17.1 Å². The molecule has 0 radical (unpaired) electrons. The predicted octanol–water partition coefficient (Wildman–Crippen LogP) is 5.18. The second-order valence-electron chi connectivity index (χ2n) is 4.94. The van der Waals surface area contributed by atoms with Crippen LogP contribution in [0.1, 0.15) is 16.1 Å². The van der Waals surface area contributed by atoms with Crippen molar-refractivity contribution in [2.24, 2.45) is 0 Å². The Morgan fingerprint density at radius 2 is 1.70 bits per heavy atom. The van der Waals surface area contributed by atoms with E-state index in [0.717, 1.165) is 11.3 Å². The summed E-state index contributed by atoms with van der Waals surface area (Å²) in [5, 5.41) is 3.89. The number of carbonyl (C=O) groups is 1. The Labute approximate surface area is 143 Å². The molecule has 23 heavy (non-hydrogen) atoms. The van der Waals surface area contributed by atoms with Crippen molar-refractivity contribution in [1.29, 1.82) is 0 Å². The number of nitrogens with one attached hydrogen (secondary N) is 1. The molecule has 1 amide bonds. The van der Waals surface area contributed by atoms with Gasteiger partial charge in [-0.3, -0.25) is 4.79 Å². The molecule has 1 N–H and O–H groups in total. The van der Waals surface area contributed by atoms with Crippen molar-refractivity contribution >= 4 is 29.1 Å². The molecule has 3 nitrogen and oxygen atoms in total. The van der Waals surface area contributed by atoms with Gasteiger partial charge in [0.15, 0.2) is 0 Å². The Morgan fingerprint density at radius 3 is 2.43 bits per heavy atom. The van der Waals surface area contributed by atoms with Crippen molar-refractivity contribution in [3.8, 4) is 11.3 Å². The molecular weight excluding hydrogens is 333 g/mol. The number of rotatable bonds is 4. The number of carbonyl (C=O) groups excluding carboxylic acids is 1. The molecule has 0 fully saturated rings. The Kier molecular flexibility index (Phi) is 4.70. The molecule has 0 spiro atoms. The van der Waals surface area contributed by atoms with Crippen molar-refractivity contribution in [2.75, 3.05) is 0 Å². The molecule has 5 heteroatoms. The maximum Gasteiger partial charge on any atom is 0.253 e. The summed E-state index contributed by atoms with van der Waals surface area (Å²) in [5.41, 5.74) is 1.37. The lowest BCUT2D eigenvalue weighted by atomic mass is 10.2. The number of benzene rings is 2. The van der Waals surface area contributed by atoms with Gasteiger partial charge in [0, 0.05) is 10.6 Å². The van der Waals surface area contributed by atoms with Gasteiger partial charge in [-0.2, -0.15) is 0 Å². The van der Waals surface area contributed by atoms with Crippen LogP contribution in [0.2, 0.25) is 10.0 Å². The SMILES string of the molecule is O=C(NCc1ccc(-c2ccc(Cl)cc2)o1)c1ccccc1Cl. The topological polar surface area (TPSA) is 42.2 Å². The molecule has 1 heterocycles. The molecule has 3 rings (SSSR count). The van der Waals surface area contributed by atoms with E-state index in [1.54, 1.807) is 36.4 Å². The first kappa shape index (κ1) is 15.7. The molecule has 0 unspecified atom stereocenters. The van der Waals surface area contributed by atoms with Crippen LogP contribution in [-0.2, 0) is 6.54 Å². The minimum absolute atomic E-state index is 0.236. The number of halogens is 2. The lowest BCUT2D eigenvalue weighted by Gasteiger charge is -2.05. The van der Waals surface area contributed by atoms with E-state index < -0.39 is 0 Å². The molecule has 116 valence electrons. The van der Waals surface area contributed by atoms with Crippen molar-refractivity contribution in [3.63, 3.8) is 0 Å². The summed E-state index contributed by atoms with van der Waals surface area (Å²) in [6.45, 7) is 0.289. The van der Waals surface area contributed by atoms with Crippen molar-refractivity contribution < 1.29 is 9.21 Å². The zero-order valence-electron chi connectivity index (χ0n) is 12.1. The van der Waals surface area contributed by atoms with Crippen LogP contribution >= 0.6 is 23.2 Å². The highest BCUT2D eigenvalue weighted by atomic mass is 35.5. The standard InChI is InChI=1S/C18H13Cl2NO2/c19-13-7-5-12(6-8-13)17-10-9-14(23-17)11-21-18(22)15-3-1-2-4-16(15)20/h1-10H,11H2,(H,21,22). The Bertz CT molecular complexity index is 825. The smallest absolute Gasteiger partial charge is 0.253 e. The fourth-order valence-corrected chi connectivity index (χ4v) is 2.50. The van der Waals surface area contributed by atoms with Gasteiger partial charge in [-0.05, 0) is 48.5 Å². The molecule has 0 atom stereocenters. The van der Waals surface area contributed by atoms with Crippen LogP contribution in [0.4, 0.5) is 0 Å². The monoisotopic (exact) mass is 345 g/mol. The van der Waals surface area contributed by atoms with Crippen LogP contribution in [0.5, 0.6) is 0 Å². The molecule has 0 aliphatic heterocycles. The van der Waals surface area contributed by atoms with Crippen molar-refractivity contribution in [1.82, 2.24) is 5.32 Å². The van der Waals surface area contributed by atoms with Gasteiger partial charge < -0.3 is 9.73 Å². The maximum absolute atomic E-state index is 12.1. The molecule has 0 aliphatic rings. The summed E-state index contributed by atoms with van der Waals surface area (Å²) in [6, 6.07) is 18.0. The molecule has 0 saturated heterocycles. The summed E-state index contributed by atoms with van der Waals surface area (Å²) in [6.07, 6.45) is 0. The first-order valence-corrected chi connectivity index (χ1v) is 7.76. The fraction of sp³-hybridized carbons (Fsp3) is 0.0556. The Hall–Kier alpha value is -2.23. The third kappa shape index (κ3) is 3.76. The van der Waals surface area contributed by atoms with Gasteiger partial charge in [0.2, 0.25) is 0 Å². The van der Waals surface area contributed by atoms with Crippen LogP contribution in [0.15, 0.2) is 65.1 Å². The van der Waals surface area contributed by atoms with Crippen LogP contribution in [0, 0.1) is 0 Å². The second kappa shape index (κ2) is 6.90. The van der Waals surface area contributed by atoms with E-state index in [2.05, 4.69) is 5.32 Å². The van der Waals surface area contributed by atoms with Gasteiger partial charge in [-0.1, -0.05) is 35.3 Å². The molecular formula is C18H13Cl2NO2. The van der Waals surface area contributed by atoms with E-state index in [-0.39, 0.29) is 12.5 Å². The van der Waals surface area contributed by atoms with Gasteiger partial charge in [-0.25, -0.2) is 0 Å². The van der Waals surface area contributed by atoms with E-state index in [1.807, 2.05) is 24.3 Å². The third-order valence-electron chi connectivity index (χ3n) is 3.33. The maximum atomic E-state index is 12.1. The summed E-state index contributed by atoms with van der Waals surface area (Å²) >= 11 is 11.9. The van der Waals surface area contributed by atoms with E-state index in [1.165, 1.54) is 0 Å². The molecule has 2 aromatic carbocycles. The molecule has 1 aromatic heterocycles. The summed E-state index contributed by atoms with van der Waals surface area (Å²) in [5.74, 6) is 1.15. The van der Waals surface area contributed by atoms with Crippen LogP contribution < -0.4 is 5.32 Å². The van der Waals surface area contributed by atoms with Crippen LogP contribution in [-0.4, -0.2) is 5.91 Å². The fourth-order valence-electron chi connectivity index (χ4n) is 2.15. The largest absolute Gasteiger partial charge is 0.459 e. The number of hydrogen-bond acceptors (Lipinski definition) is 2. The zero-order valence-corrected chi connectivity index (χ0v) is 13.6. The zero-order chi connectivity index (χ0) is 16.2. The van der Waals surface area contributed by atoms with Crippen LogP contribution in [0.25, 0.3) is 11.3 Å². The third-order valence-corrected chi connectivity index (χ3v) is 3.91. The van der Waals surface area contributed by atoms with E-state index in [4.69, 9.17) is 27.6 Å². The Balaban J connectivity index is 1.67. The van der Waals surface area contributed by atoms with Crippen molar-refractivity contribution in [2.45, 2.75) is 6.54 Å². The predicted molar refractivity (Wildman–Crippen MR) is 91.8 cm³/mol. The number of hydrogen-bond donors (Lipinski definition) is 1. The normalized spacial score (nSPS) is 10.5. The number of furan rings is 1. The highest BCUT2D eigenvalue weighted by molar-refractivity contribution is 6.33. The minimum atomic E-state index is -0.236. The average molecular weight is 346 g/mol. The molecule has 0 bridgehead atoms. The lowest BCUT2D eigenvalue weighted by molar-refractivity contribution is 0.0948. The quantitative estimate of drug-likeness (QED) is 0.707. The number of amides is 1. The molecule has 3 aromatic rings. The van der Waals surface area contributed by atoms with Crippen molar-refractivity contribution in [3.05, 3.63) is 82.0 Å². The molecule has 0 saturated carbocycles. The summed E-state index contributed by atoms with van der Waals surface area (Å²) in [4.78, 5) is 12.1. The highest BCUT2D eigenvalue weighted by Crippen LogP contribution is 2.24. The first-order valence-electron chi connectivity index (χ1n) is 7.01. The first-order chi connectivity index (χ1) is 11.1. The van der Waals surface area contributed by atoms with Gasteiger partial charge in [0.1, 0.15) is 11.5 Å². The Morgan fingerprint density at radius 1 is 0.957 bits per heavy atom. The average Bonchev–Trinajstić information content (AvgIpc) is 3.03.